The molecule has 0 radical (unpaired) electrons. The molecule has 130 valence electrons. The Bertz CT molecular complexity index is 947. The van der Waals surface area contributed by atoms with Crippen molar-refractivity contribution < 1.29 is 19.2 Å². The molecular weight excluding hydrogens is 334 g/mol. The molecule has 0 saturated heterocycles. The van der Waals surface area contributed by atoms with Crippen molar-refractivity contribution in [3.63, 3.8) is 0 Å². The quantitative estimate of drug-likeness (QED) is 0.848. The zero-order valence-corrected chi connectivity index (χ0v) is 14.0. The van der Waals surface area contributed by atoms with Crippen LogP contribution in [0.25, 0.3) is 0 Å². The lowest BCUT2D eigenvalue weighted by Crippen LogP contribution is -2.34. The second-order valence-electron chi connectivity index (χ2n) is 6.13. The van der Waals surface area contributed by atoms with Crippen molar-refractivity contribution in [3.05, 3.63) is 64.7 Å². The number of fused-ring (bicyclic) bond motifs is 2. The number of amides is 4. The molecule has 2 aromatic carbocycles. The molecule has 0 saturated carbocycles. The number of nitrogens with one attached hydrogen (secondary N) is 1. The van der Waals surface area contributed by atoms with E-state index in [0.29, 0.717) is 27.9 Å². The van der Waals surface area contributed by atoms with Gasteiger partial charge in [-0.3, -0.25) is 29.0 Å². The smallest absolute Gasteiger partial charge is 0.263 e. The van der Waals surface area contributed by atoms with Gasteiger partial charge in [-0.1, -0.05) is 18.2 Å². The van der Waals surface area contributed by atoms with E-state index in [1.54, 1.807) is 42.5 Å². The topological polar surface area (TPSA) is 86.8 Å². The first-order chi connectivity index (χ1) is 12.5. The van der Waals surface area contributed by atoms with E-state index in [1.165, 1.54) is 11.9 Å². The normalized spacial score (nSPS) is 15.6. The Kier molecular flexibility index (Phi) is 3.57. The largest absolute Gasteiger partial charge is 0.383 e. The number of rotatable bonds is 4. The van der Waals surface area contributed by atoms with Gasteiger partial charge in [0.05, 0.1) is 22.3 Å². The first kappa shape index (κ1) is 16.0. The number of benzene rings is 2. The Balaban J connectivity index is 1.49. The molecule has 2 aliphatic rings. The van der Waals surface area contributed by atoms with Gasteiger partial charge in [0, 0.05) is 25.8 Å². The molecule has 4 amide bonds. The zero-order valence-electron chi connectivity index (χ0n) is 14.0. The van der Waals surface area contributed by atoms with Crippen molar-refractivity contribution in [1.29, 1.82) is 0 Å². The summed E-state index contributed by atoms with van der Waals surface area (Å²) < 4.78 is 0. The van der Waals surface area contributed by atoms with Gasteiger partial charge in [-0.2, -0.15) is 0 Å². The maximum absolute atomic E-state index is 12.3. The second kappa shape index (κ2) is 5.80. The third-order valence-corrected chi connectivity index (χ3v) is 4.65. The van der Waals surface area contributed by atoms with Gasteiger partial charge in [0.25, 0.3) is 23.6 Å². The van der Waals surface area contributed by atoms with Gasteiger partial charge in [-0.15, -0.1) is 0 Å². The van der Waals surface area contributed by atoms with Crippen LogP contribution in [-0.4, -0.2) is 53.6 Å². The first-order valence-corrected chi connectivity index (χ1v) is 8.15. The maximum Gasteiger partial charge on any atom is 0.263 e. The number of anilines is 1. The molecule has 2 heterocycles. The third kappa shape index (κ3) is 2.21. The monoisotopic (exact) mass is 349 g/mol. The van der Waals surface area contributed by atoms with Crippen molar-refractivity contribution in [3.8, 4) is 0 Å². The van der Waals surface area contributed by atoms with Crippen LogP contribution >= 0.6 is 0 Å². The number of nitrogens with zero attached hydrogens (tertiary/aromatic N) is 2. The van der Waals surface area contributed by atoms with E-state index in [4.69, 9.17) is 0 Å². The van der Waals surface area contributed by atoms with E-state index >= 15 is 0 Å². The molecule has 0 spiro atoms. The predicted molar refractivity (Wildman–Crippen MR) is 93.2 cm³/mol. The fraction of sp³-hybridized carbons (Fsp3) is 0.158. The van der Waals surface area contributed by atoms with E-state index in [-0.39, 0.29) is 36.7 Å². The zero-order chi connectivity index (χ0) is 18.4. The highest BCUT2D eigenvalue weighted by Gasteiger charge is 2.36. The van der Waals surface area contributed by atoms with Crippen LogP contribution in [0.15, 0.2) is 42.5 Å². The van der Waals surface area contributed by atoms with Gasteiger partial charge < -0.3 is 5.32 Å². The van der Waals surface area contributed by atoms with E-state index in [1.807, 2.05) is 0 Å². The van der Waals surface area contributed by atoms with Crippen molar-refractivity contribution in [2.24, 2.45) is 0 Å². The van der Waals surface area contributed by atoms with Crippen LogP contribution in [0.5, 0.6) is 0 Å². The average molecular weight is 349 g/mol. The molecule has 0 fully saturated rings. The molecule has 0 atom stereocenters. The Labute approximate surface area is 149 Å². The summed E-state index contributed by atoms with van der Waals surface area (Å²) >= 11 is 0. The summed E-state index contributed by atoms with van der Waals surface area (Å²) in [6.45, 7) is 0.432. The summed E-state index contributed by atoms with van der Waals surface area (Å²) in [4.78, 5) is 51.2. The number of carbonyl (C=O) groups excluding carboxylic acids is 4. The molecule has 1 N–H and O–H groups in total. The highest BCUT2D eigenvalue weighted by atomic mass is 16.2. The molecular formula is C19H15N3O4. The van der Waals surface area contributed by atoms with Crippen LogP contribution in [0.3, 0.4) is 0 Å². The third-order valence-electron chi connectivity index (χ3n) is 4.65. The molecule has 0 unspecified atom stereocenters. The van der Waals surface area contributed by atoms with Gasteiger partial charge in [0.2, 0.25) is 0 Å². The molecule has 0 aliphatic carbocycles. The fourth-order valence-corrected chi connectivity index (χ4v) is 3.29. The molecule has 26 heavy (non-hydrogen) atoms. The van der Waals surface area contributed by atoms with Crippen LogP contribution in [0.4, 0.5) is 5.69 Å². The summed E-state index contributed by atoms with van der Waals surface area (Å²) in [5.41, 5.74) is 1.99. The predicted octanol–water partition coefficient (Wildman–Crippen LogP) is 1.62. The molecule has 7 heteroatoms. The molecule has 0 aromatic heterocycles. The van der Waals surface area contributed by atoms with E-state index in [2.05, 4.69) is 5.32 Å². The number of hydrogen-bond donors (Lipinski definition) is 1. The average Bonchev–Trinajstić information content (AvgIpc) is 3.03. The van der Waals surface area contributed by atoms with Crippen molar-refractivity contribution >= 4 is 29.3 Å². The minimum atomic E-state index is -0.367. The number of carbonyl (C=O) groups is 4. The van der Waals surface area contributed by atoms with E-state index < -0.39 is 0 Å². The summed E-state index contributed by atoms with van der Waals surface area (Å²) in [5.74, 6) is -1.35. The lowest BCUT2D eigenvalue weighted by atomic mass is 10.1. The van der Waals surface area contributed by atoms with Crippen molar-refractivity contribution in [2.45, 2.75) is 0 Å². The Morgan fingerprint density at radius 1 is 0.769 bits per heavy atom. The summed E-state index contributed by atoms with van der Waals surface area (Å²) in [6, 6.07) is 11.7. The molecule has 7 nitrogen and oxygen atoms in total. The Hall–Kier alpha value is -3.48. The highest BCUT2D eigenvalue weighted by molar-refractivity contribution is 6.23. The van der Waals surface area contributed by atoms with Crippen LogP contribution in [0.2, 0.25) is 0 Å². The van der Waals surface area contributed by atoms with Crippen LogP contribution in [0.1, 0.15) is 41.4 Å². The Morgan fingerprint density at radius 2 is 1.38 bits per heavy atom. The van der Waals surface area contributed by atoms with Gasteiger partial charge in [0.1, 0.15) is 0 Å². The first-order valence-electron chi connectivity index (χ1n) is 8.15. The van der Waals surface area contributed by atoms with Crippen molar-refractivity contribution in [1.82, 2.24) is 9.80 Å². The summed E-state index contributed by atoms with van der Waals surface area (Å²) in [7, 11) is 1.44. The standard InChI is InChI=1S/C19H15N3O4/c1-21-16(23)13-7-4-8-14(15(13)19(21)26)20-9-10-22-17(24)11-5-2-3-6-12(11)18(22)25/h2-8,20H,9-10H2,1H3. The van der Waals surface area contributed by atoms with Gasteiger partial charge in [-0.05, 0) is 24.3 Å². The summed E-state index contributed by atoms with van der Waals surface area (Å²) in [6.07, 6.45) is 0. The van der Waals surface area contributed by atoms with Gasteiger partial charge >= 0.3 is 0 Å². The second-order valence-corrected chi connectivity index (χ2v) is 6.13. The maximum atomic E-state index is 12.3. The molecule has 2 aliphatic heterocycles. The lowest BCUT2D eigenvalue weighted by Gasteiger charge is -2.15. The molecule has 4 rings (SSSR count). The van der Waals surface area contributed by atoms with Crippen LogP contribution < -0.4 is 5.32 Å². The number of imide groups is 2. The highest BCUT2D eigenvalue weighted by Crippen LogP contribution is 2.28. The summed E-state index contributed by atoms with van der Waals surface area (Å²) in [5, 5.41) is 3.07. The molecule has 2 aromatic rings. The minimum absolute atomic E-state index is 0.161. The lowest BCUT2D eigenvalue weighted by molar-refractivity contribution is 0.0653. The van der Waals surface area contributed by atoms with Gasteiger partial charge in [-0.25, -0.2) is 0 Å². The Morgan fingerprint density at radius 3 is 2.04 bits per heavy atom. The van der Waals surface area contributed by atoms with Crippen LogP contribution in [0, 0.1) is 0 Å². The minimum Gasteiger partial charge on any atom is -0.383 e. The SMILES string of the molecule is CN1C(=O)c2cccc(NCCN3C(=O)c4ccccc4C3=O)c2C1=O. The van der Waals surface area contributed by atoms with E-state index in [0.717, 1.165) is 4.90 Å². The van der Waals surface area contributed by atoms with Gasteiger partial charge in [0.15, 0.2) is 0 Å². The molecule has 0 bridgehead atoms. The van der Waals surface area contributed by atoms with E-state index in [9.17, 15) is 19.2 Å². The van der Waals surface area contributed by atoms with Crippen LogP contribution in [-0.2, 0) is 0 Å². The fourth-order valence-electron chi connectivity index (χ4n) is 3.29. The number of hydrogen-bond acceptors (Lipinski definition) is 5. The van der Waals surface area contributed by atoms with Crippen molar-refractivity contribution in [2.75, 3.05) is 25.5 Å².